The van der Waals surface area contributed by atoms with Crippen molar-refractivity contribution < 1.29 is 4.39 Å². The van der Waals surface area contributed by atoms with Gasteiger partial charge in [0.2, 0.25) is 0 Å². The van der Waals surface area contributed by atoms with E-state index in [2.05, 4.69) is 6.07 Å². The summed E-state index contributed by atoms with van der Waals surface area (Å²) in [5, 5.41) is 10.0. The van der Waals surface area contributed by atoms with Crippen LogP contribution in [0, 0.1) is 17.1 Å². The van der Waals surface area contributed by atoms with Crippen LogP contribution < -0.4 is 5.73 Å². The van der Waals surface area contributed by atoms with Gasteiger partial charge in [-0.3, -0.25) is 0 Å². The summed E-state index contributed by atoms with van der Waals surface area (Å²) in [6, 6.07) is 15.2. The molecule has 5 heteroatoms. The molecule has 0 unspecified atom stereocenters. The molecule has 2 aromatic carbocycles. The number of nitrogens with zero attached hydrogens (tertiary/aromatic N) is 2. The molecule has 0 saturated carbocycles. The van der Waals surface area contributed by atoms with E-state index in [1.807, 2.05) is 12.1 Å². The summed E-state index contributed by atoms with van der Waals surface area (Å²) in [5.41, 5.74) is 8.69. The van der Waals surface area contributed by atoms with Crippen molar-refractivity contribution in [1.82, 2.24) is 4.57 Å². The third-order valence-electron chi connectivity index (χ3n) is 3.42. The first kappa shape index (κ1) is 14.2. The first-order chi connectivity index (χ1) is 10.6. The van der Waals surface area contributed by atoms with Gasteiger partial charge in [-0.1, -0.05) is 23.7 Å². The molecule has 0 bridgehead atoms. The summed E-state index contributed by atoms with van der Waals surface area (Å²) >= 11 is 5.89. The largest absolute Gasteiger partial charge is 0.384 e. The summed E-state index contributed by atoms with van der Waals surface area (Å²) in [6.07, 6.45) is 1.77. The average Bonchev–Trinajstić information content (AvgIpc) is 2.85. The smallest absolute Gasteiger partial charge is 0.126 e. The highest BCUT2D eigenvalue weighted by Crippen LogP contribution is 2.32. The lowest BCUT2D eigenvalue weighted by atomic mass is 10.1. The van der Waals surface area contributed by atoms with Crippen LogP contribution in [-0.4, -0.2) is 4.57 Å². The molecular formula is C17H11ClFN3. The highest BCUT2D eigenvalue weighted by atomic mass is 35.5. The molecule has 108 valence electrons. The molecule has 2 N–H and O–H groups in total. The van der Waals surface area contributed by atoms with Crippen LogP contribution in [0.5, 0.6) is 0 Å². The predicted octanol–water partition coefficient (Wildman–Crippen LogP) is 4.39. The van der Waals surface area contributed by atoms with E-state index < -0.39 is 0 Å². The van der Waals surface area contributed by atoms with Crippen molar-refractivity contribution in [3.63, 3.8) is 0 Å². The topological polar surface area (TPSA) is 54.7 Å². The second-order valence-electron chi connectivity index (χ2n) is 4.77. The Bertz CT molecular complexity index is 859. The quantitative estimate of drug-likeness (QED) is 0.763. The molecule has 0 saturated heterocycles. The molecule has 1 heterocycles. The molecule has 3 rings (SSSR count). The van der Waals surface area contributed by atoms with E-state index >= 15 is 0 Å². The molecule has 0 spiro atoms. The van der Waals surface area contributed by atoms with Gasteiger partial charge in [0.25, 0.3) is 0 Å². The highest BCUT2D eigenvalue weighted by molar-refractivity contribution is 6.30. The zero-order valence-corrected chi connectivity index (χ0v) is 12.2. The number of nitrogen functional groups attached to an aromatic ring is 1. The van der Waals surface area contributed by atoms with Gasteiger partial charge in [-0.05, 0) is 42.0 Å². The van der Waals surface area contributed by atoms with Gasteiger partial charge in [0, 0.05) is 22.5 Å². The van der Waals surface area contributed by atoms with Crippen LogP contribution in [0.1, 0.15) is 5.56 Å². The molecule has 0 atom stereocenters. The van der Waals surface area contributed by atoms with Gasteiger partial charge in [0.1, 0.15) is 23.3 Å². The second kappa shape index (κ2) is 5.55. The summed E-state index contributed by atoms with van der Waals surface area (Å²) < 4.78 is 14.7. The maximum atomic E-state index is 13.1. The molecule has 0 amide bonds. The standard InChI is InChI=1S/C17H11ClFN3/c18-12-3-1-11(2-4-12)16-10-22(17(21)15(16)9-20)14-7-5-13(19)6-8-14/h1-8,10H,21H2. The summed E-state index contributed by atoms with van der Waals surface area (Å²) in [7, 11) is 0. The van der Waals surface area contributed by atoms with Crippen LogP contribution in [0.15, 0.2) is 54.7 Å². The van der Waals surface area contributed by atoms with Gasteiger partial charge in [0.15, 0.2) is 0 Å². The predicted molar refractivity (Wildman–Crippen MR) is 85.3 cm³/mol. The van der Waals surface area contributed by atoms with Crippen molar-refractivity contribution in [3.05, 3.63) is 71.1 Å². The molecular weight excluding hydrogens is 301 g/mol. The first-order valence-electron chi connectivity index (χ1n) is 6.53. The van der Waals surface area contributed by atoms with Crippen molar-refractivity contribution >= 4 is 17.4 Å². The molecule has 22 heavy (non-hydrogen) atoms. The minimum atomic E-state index is -0.326. The number of hydrogen-bond acceptors (Lipinski definition) is 2. The zero-order valence-electron chi connectivity index (χ0n) is 11.4. The Hall–Kier alpha value is -2.77. The van der Waals surface area contributed by atoms with Gasteiger partial charge in [-0.2, -0.15) is 5.26 Å². The van der Waals surface area contributed by atoms with Crippen molar-refractivity contribution in [1.29, 1.82) is 5.26 Å². The number of nitrogens with two attached hydrogens (primary N) is 1. The number of anilines is 1. The fourth-order valence-corrected chi connectivity index (χ4v) is 2.43. The summed E-state index contributed by atoms with van der Waals surface area (Å²) in [4.78, 5) is 0. The first-order valence-corrected chi connectivity index (χ1v) is 6.91. The Morgan fingerprint density at radius 3 is 2.27 bits per heavy atom. The number of rotatable bonds is 2. The number of nitriles is 1. The van der Waals surface area contributed by atoms with E-state index in [9.17, 15) is 9.65 Å². The third-order valence-corrected chi connectivity index (χ3v) is 3.67. The van der Waals surface area contributed by atoms with Gasteiger partial charge in [-0.15, -0.1) is 0 Å². The van der Waals surface area contributed by atoms with E-state index in [4.69, 9.17) is 17.3 Å². The molecule has 0 aliphatic heterocycles. The lowest BCUT2D eigenvalue weighted by molar-refractivity contribution is 0.627. The minimum Gasteiger partial charge on any atom is -0.384 e. The van der Waals surface area contributed by atoms with E-state index in [1.54, 1.807) is 35.0 Å². The Balaban J connectivity index is 2.17. The Kier molecular flexibility index (Phi) is 3.58. The molecule has 3 nitrogen and oxygen atoms in total. The molecule has 0 aliphatic rings. The molecule has 3 aromatic rings. The Morgan fingerprint density at radius 1 is 1.05 bits per heavy atom. The minimum absolute atomic E-state index is 0.319. The number of hydrogen-bond donors (Lipinski definition) is 1. The van der Waals surface area contributed by atoms with Gasteiger partial charge in [-0.25, -0.2) is 4.39 Å². The van der Waals surface area contributed by atoms with Crippen molar-refractivity contribution in [2.24, 2.45) is 0 Å². The number of benzene rings is 2. The van der Waals surface area contributed by atoms with E-state index in [0.29, 0.717) is 27.7 Å². The van der Waals surface area contributed by atoms with Gasteiger partial charge < -0.3 is 10.3 Å². The monoisotopic (exact) mass is 311 g/mol. The second-order valence-corrected chi connectivity index (χ2v) is 5.20. The lowest BCUT2D eigenvalue weighted by Gasteiger charge is -2.05. The van der Waals surface area contributed by atoms with Crippen molar-refractivity contribution in [3.8, 4) is 22.9 Å². The lowest BCUT2D eigenvalue weighted by Crippen LogP contribution is -1.99. The third kappa shape index (κ3) is 2.43. The molecule has 0 aliphatic carbocycles. The Morgan fingerprint density at radius 2 is 1.68 bits per heavy atom. The number of aromatic nitrogens is 1. The number of halogens is 2. The maximum Gasteiger partial charge on any atom is 0.126 e. The van der Waals surface area contributed by atoms with Crippen LogP contribution >= 0.6 is 11.6 Å². The normalized spacial score (nSPS) is 10.4. The van der Waals surface area contributed by atoms with Crippen molar-refractivity contribution in [2.75, 3.05) is 5.73 Å². The molecule has 0 radical (unpaired) electrons. The van der Waals surface area contributed by atoms with Crippen LogP contribution in [0.25, 0.3) is 16.8 Å². The van der Waals surface area contributed by atoms with Crippen molar-refractivity contribution in [2.45, 2.75) is 0 Å². The SMILES string of the molecule is N#Cc1c(-c2ccc(Cl)cc2)cn(-c2ccc(F)cc2)c1N. The molecule has 1 aromatic heterocycles. The molecule has 0 fully saturated rings. The van der Waals surface area contributed by atoms with E-state index in [1.165, 1.54) is 12.1 Å². The zero-order chi connectivity index (χ0) is 15.7. The van der Waals surface area contributed by atoms with E-state index in [-0.39, 0.29) is 5.82 Å². The van der Waals surface area contributed by atoms with Crippen LogP contribution in [0.4, 0.5) is 10.2 Å². The summed E-state index contributed by atoms with van der Waals surface area (Å²) in [6.45, 7) is 0. The fourth-order valence-electron chi connectivity index (χ4n) is 2.30. The van der Waals surface area contributed by atoms with Crippen LogP contribution in [0.3, 0.4) is 0 Å². The maximum absolute atomic E-state index is 13.1. The summed E-state index contributed by atoms with van der Waals surface area (Å²) in [5.74, 6) is -0.00744. The van der Waals surface area contributed by atoms with Crippen LogP contribution in [0.2, 0.25) is 5.02 Å². The average molecular weight is 312 g/mol. The fraction of sp³-hybridized carbons (Fsp3) is 0. The van der Waals surface area contributed by atoms with Gasteiger partial charge >= 0.3 is 0 Å². The van der Waals surface area contributed by atoms with Crippen LogP contribution in [-0.2, 0) is 0 Å². The highest BCUT2D eigenvalue weighted by Gasteiger charge is 2.15. The Labute approximate surface area is 132 Å². The van der Waals surface area contributed by atoms with Gasteiger partial charge in [0.05, 0.1) is 0 Å². The van der Waals surface area contributed by atoms with E-state index in [0.717, 1.165) is 5.56 Å².